The fraction of sp³-hybridized carbons (Fsp3) is 0.250. The number of para-hydroxylation sites is 2. The minimum atomic E-state index is 0.822. The van der Waals surface area contributed by atoms with Crippen LogP contribution in [-0.2, 0) is 0 Å². The van der Waals surface area contributed by atoms with E-state index in [1.165, 1.54) is 5.69 Å². The molecule has 2 nitrogen and oxygen atoms in total. The van der Waals surface area contributed by atoms with Crippen molar-refractivity contribution in [1.82, 2.24) is 0 Å². The molecule has 0 atom stereocenters. The van der Waals surface area contributed by atoms with Gasteiger partial charge in [-0.25, -0.2) is 0 Å². The first-order valence-corrected chi connectivity index (χ1v) is 7.52. The molecule has 104 valence electrons. The smallest absolute Gasteiger partial charge is 0.0340 e. The molecular formula is C16H23BrN2. The standard InChI is InChI=1S/C8H11N.C6H7N.C2H5Br/c1-2-9-8-6-4-3-5-7-8;7-6-4-2-1-3-5-6;1-2-3/h3-7,9H,2H2,1H3;1-5H,7H2;2H2,1H3. The number of anilines is 2. The second-order valence-electron chi connectivity index (χ2n) is 3.57. The summed E-state index contributed by atoms with van der Waals surface area (Å²) < 4.78 is 0. The quantitative estimate of drug-likeness (QED) is 0.616. The fourth-order valence-corrected chi connectivity index (χ4v) is 1.21. The number of nitrogens with two attached hydrogens (primary N) is 1. The average Bonchev–Trinajstić information content (AvgIpc) is 2.43. The third kappa shape index (κ3) is 11.3. The first-order chi connectivity index (χ1) is 9.24. The lowest BCUT2D eigenvalue weighted by Gasteiger charge is -1.99. The van der Waals surface area contributed by atoms with Gasteiger partial charge in [0.2, 0.25) is 0 Å². The molecule has 0 heterocycles. The monoisotopic (exact) mass is 322 g/mol. The van der Waals surface area contributed by atoms with E-state index < -0.39 is 0 Å². The predicted molar refractivity (Wildman–Crippen MR) is 90.9 cm³/mol. The second kappa shape index (κ2) is 13.0. The lowest BCUT2D eigenvalue weighted by atomic mass is 10.3. The van der Waals surface area contributed by atoms with Crippen LogP contribution in [0.5, 0.6) is 0 Å². The fourth-order valence-electron chi connectivity index (χ4n) is 1.21. The number of hydrogen-bond donors (Lipinski definition) is 2. The molecule has 2 aromatic carbocycles. The maximum Gasteiger partial charge on any atom is 0.0340 e. The van der Waals surface area contributed by atoms with E-state index in [0.717, 1.165) is 17.6 Å². The van der Waals surface area contributed by atoms with Gasteiger partial charge in [0, 0.05) is 23.2 Å². The summed E-state index contributed by atoms with van der Waals surface area (Å²) in [6.45, 7) is 5.12. The molecule has 0 aliphatic heterocycles. The summed E-state index contributed by atoms with van der Waals surface area (Å²) in [5.74, 6) is 0. The van der Waals surface area contributed by atoms with Gasteiger partial charge in [-0.3, -0.25) is 0 Å². The second-order valence-corrected chi connectivity index (χ2v) is 4.70. The van der Waals surface area contributed by atoms with Gasteiger partial charge in [-0.05, 0) is 31.2 Å². The number of hydrogen-bond acceptors (Lipinski definition) is 2. The van der Waals surface area contributed by atoms with Crippen molar-refractivity contribution in [3.05, 3.63) is 60.7 Å². The van der Waals surface area contributed by atoms with Crippen molar-refractivity contribution >= 4 is 27.3 Å². The van der Waals surface area contributed by atoms with Gasteiger partial charge in [0.05, 0.1) is 0 Å². The van der Waals surface area contributed by atoms with E-state index in [9.17, 15) is 0 Å². The molecule has 0 radical (unpaired) electrons. The minimum Gasteiger partial charge on any atom is -0.399 e. The molecule has 2 rings (SSSR count). The molecule has 0 aliphatic rings. The van der Waals surface area contributed by atoms with Gasteiger partial charge in [0.15, 0.2) is 0 Å². The Labute approximate surface area is 125 Å². The van der Waals surface area contributed by atoms with Crippen molar-refractivity contribution in [1.29, 1.82) is 0 Å². The molecule has 19 heavy (non-hydrogen) atoms. The normalized spacial score (nSPS) is 8.37. The third-order valence-electron chi connectivity index (χ3n) is 1.95. The Morgan fingerprint density at radius 3 is 1.63 bits per heavy atom. The van der Waals surface area contributed by atoms with Crippen LogP contribution in [0, 0.1) is 0 Å². The number of alkyl halides is 1. The van der Waals surface area contributed by atoms with Crippen LogP contribution in [0.3, 0.4) is 0 Å². The highest BCUT2D eigenvalue weighted by Crippen LogP contribution is 2.02. The summed E-state index contributed by atoms with van der Waals surface area (Å²) in [7, 11) is 0. The third-order valence-corrected chi connectivity index (χ3v) is 1.95. The van der Waals surface area contributed by atoms with E-state index in [4.69, 9.17) is 5.73 Å². The first-order valence-electron chi connectivity index (χ1n) is 6.40. The molecule has 0 aromatic heterocycles. The molecule has 2 aromatic rings. The van der Waals surface area contributed by atoms with Gasteiger partial charge in [-0.15, -0.1) is 0 Å². The largest absolute Gasteiger partial charge is 0.399 e. The first kappa shape index (κ1) is 17.5. The maximum atomic E-state index is 5.36. The van der Waals surface area contributed by atoms with Crippen molar-refractivity contribution in [2.24, 2.45) is 0 Å². The molecule has 0 fully saturated rings. The van der Waals surface area contributed by atoms with Crippen LogP contribution >= 0.6 is 15.9 Å². The van der Waals surface area contributed by atoms with Crippen molar-refractivity contribution in [3.8, 4) is 0 Å². The highest BCUT2D eigenvalue weighted by molar-refractivity contribution is 9.09. The lowest BCUT2D eigenvalue weighted by Crippen LogP contribution is -1.94. The van der Waals surface area contributed by atoms with Crippen molar-refractivity contribution < 1.29 is 0 Å². The highest BCUT2D eigenvalue weighted by Gasteiger charge is 1.81. The number of rotatable bonds is 2. The van der Waals surface area contributed by atoms with E-state index in [1.54, 1.807) is 0 Å². The summed E-state index contributed by atoms with van der Waals surface area (Å²) in [6.07, 6.45) is 0. The molecule has 0 spiro atoms. The van der Waals surface area contributed by atoms with E-state index in [0.29, 0.717) is 0 Å². The predicted octanol–water partition coefficient (Wildman–Crippen LogP) is 4.79. The Morgan fingerprint density at radius 2 is 1.32 bits per heavy atom. The van der Waals surface area contributed by atoms with Crippen molar-refractivity contribution in [3.63, 3.8) is 0 Å². The van der Waals surface area contributed by atoms with Gasteiger partial charge >= 0.3 is 0 Å². The van der Waals surface area contributed by atoms with Crippen LogP contribution in [0.1, 0.15) is 13.8 Å². The molecule has 0 aliphatic carbocycles. The summed E-state index contributed by atoms with van der Waals surface area (Å²) in [5, 5.41) is 4.27. The molecule has 0 saturated carbocycles. The van der Waals surface area contributed by atoms with Gasteiger partial charge < -0.3 is 11.1 Å². The van der Waals surface area contributed by atoms with E-state index >= 15 is 0 Å². The Hall–Kier alpha value is -1.48. The Bertz CT molecular complexity index is 390. The number of halogens is 1. The highest BCUT2D eigenvalue weighted by atomic mass is 79.9. The Balaban J connectivity index is 0.000000289. The molecule has 3 heteroatoms. The molecule has 0 saturated heterocycles. The average molecular weight is 323 g/mol. The summed E-state index contributed by atoms with van der Waals surface area (Å²) in [6, 6.07) is 19.7. The summed E-state index contributed by atoms with van der Waals surface area (Å²) in [5.41, 5.74) is 7.37. The number of nitrogens with one attached hydrogen (secondary N) is 1. The lowest BCUT2D eigenvalue weighted by molar-refractivity contribution is 1.21. The zero-order valence-electron chi connectivity index (χ0n) is 11.6. The Morgan fingerprint density at radius 1 is 0.895 bits per heavy atom. The van der Waals surface area contributed by atoms with Gasteiger partial charge in [-0.1, -0.05) is 59.3 Å². The summed E-state index contributed by atoms with van der Waals surface area (Å²) in [4.78, 5) is 0. The van der Waals surface area contributed by atoms with Crippen LogP contribution in [0.2, 0.25) is 0 Å². The zero-order chi connectivity index (χ0) is 14.3. The van der Waals surface area contributed by atoms with E-state index in [-0.39, 0.29) is 0 Å². The number of nitrogen functional groups attached to an aromatic ring is 1. The maximum absolute atomic E-state index is 5.36. The topological polar surface area (TPSA) is 38.0 Å². The van der Waals surface area contributed by atoms with Gasteiger partial charge in [-0.2, -0.15) is 0 Å². The molecule has 3 N–H and O–H groups in total. The summed E-state index contributed by atoms with van der Waals surface area (Å²) >= 11 is 3.15. The van der Waals surface area contributed by atoms with Gasteiger partial charge in [0.1, 0.15) is 0 Å². The molecular weight excluding hydrogens is 300 g/mol. The van der Waals surface area contributed by atoms with Crippen LogP contribution in [0.25, 0.3) is 0 Å². The van der Waals surface area contributed by atoms with Crippen LogP contribution in [0.4, 0.5) is 11.4 Å². The van der Waals surface area contributed by atoms with Gasteiger partial charge in [0.25, 0.3) is 0 Å². The SMILES string of the molecule is CCBr.CCNc1ccccc1.Nc1ccccc1. The Kier molecular flexibility index (Phi) is 12.0. The number of benzene rings is 2. The minimum absolute atomic E-state index is 0.822. The zero-order valence-corrected chi connectivity index (χ0v) is 13.2. The van der Waals surface area contributed by atoms with Crippen LogP contribution < -0.4 is 11.1 Å². The van der Waals surface area contributed by atoms with Crippen LogP contribution in [-0.4, -0.2) is 11.9 Å². The molecule has 0 amide bonds. The molecule has 0 unspecified atom stereocenters. The molecule has 0 bridgehead atoms. The van der Waals surface area contributed by atoms with Crippen molar-refractivity contribution in [2.75, 3.05) is 22.9 Å². The van der Waals surface area contributed by atoms with Crippen molar-refractivity contribution in [2.45, 2.75) is 13.8 Å². The van der Waals surface area contributed by atoms with E-state index in [2.05, 4.69) is 40.3 Å². The van der Waals surface area contributed by atoms with Crippen LogP contribution in [0.15, 0.2) is 60.7 Å². The van der Waals surface area contributed by atoms with E-state index in [1.807, 2.05) is 55.5 Å².